The molecule has 1 heterocycles. The van der Waals surface area contributed by atoms with Crippen LogP contribution in [0.2, 0.25) is 0 Å². The Kier molecular flexibility index (Phi) is 15.8. The van der Waals surface area contributed by atoms with Gasteiger partial charge in [-0.15, -0.1) is 4.73 Å². The zero-order valence-electron chi connectivity index (χ0n) is 29.5. The van der Waals surface area contributed by atoms with E-state index < -0.39 is 65.8 Å². The zero-order valence-corrected chi connectivity index (χ0v) is 29.5. The van der Waals surface area contributed by atoms with Crippen molar-refractivity contribution in [3.63, 3.8) is 0 Å². The molecule has 8 amide bonds. The van der Waals surface area contributed by atoms with Gasteiger partial charge in [0.25, 0.3) is 0 Å². The van der Waals surface area contributed by atoms with Gasteiger partial charge in [0.15, 0.2) is 0 Å². The van der Waals surface area contributed by atoms with Gasteiger partial charge in [0.05, 0.1) is 0 Å². The number of nitrogens with one attached hydrogen (secondary N) is 7. The number of aromatic hydroxyl groups is 2. The number of nitrogens with zero attached hydrogens (tertiary/aromatic N) is 2. The maximum Gasteiger partial charge on any atom is 0.432 e. The predicted molar refractivity (Wildman–Crippen MR) is 183 cm³/mol. The van der Waals surface area contributed by atoms with Gasteiger partial charge in [-0.05, 0) is 54.0 Å². The van der Waals surface area contributed by atoms with Gasteiger partial charge in [0, 0.05) is 69.0 Å². The van der Waals surface area contributed by atoms with Crippen molar-refractivity contribution in [1.29, 1.82) is 0 Å². The van der Waals surface area contributed by atoms with Crippen molar-refractivity contribution in [2.45, 2.75) is 84.8 Å². The molecular weight excluding hydrogens is 654 g/mol. The Balaban J connectivity index is 1.78. The number of ether oxygens (including phenoxy) is 1. The quantitative estimate of drug-likeness (QED) is 0.131. The molecule has 2 aromatic rings. The summed E-state index contributed by atoms with van der Waals surface area (Å²) in [6, 6.07) is 8.26. The van der Waals surface area contributed by atoms with Gasteiger partial charge in [-0.3, -0.25) is 0 Å². The van der Waals surface area contributed by atoms with Crippen LogP contribution in [0.5, 0.6) is 11.8 Å². The number of hydrogen-bond acceptors (Lipinski definition) is 9. The number of benzene rings is 1. The van der Waals surface area contributed by atoms with Gasteiger partial charge in [-0.25, -0.2) is 24.0 Å². The topological polar surface area (TPSA) is 237 Å². The summed E-state index contributed by atoms with van der Waals surface area (Å²) in [6.45, 7) is 12.6. The second kappa shape index (κ2) is 19.4. The van der Waals surface area contributed by atoms with Crippen LogP contribution < -0.4 is 42.1 Å². The van der Waals surface area contributed by atoms with Crippen LogP contribution in [0.3, 0.4) is 0 Å². The van der Waals surface area contributed by atoms with Crippen molar-refractivity contribution in [2.24, 2.45) is 0 Å². The zero-order chi connectivity index (χ0) is 37.4. The maximum absolute atomic E-state index is 13.3. The first-order valence-electron chi connectivity index (χ1n) is 16.2. The second-order valence-corrected chi connectivity index (χ2v) is 12.8. The Morgan fingerprint density at radius 3 is 1.72 bits per heavy atom. The number of carbonyl (C=O) groups is 5. The largest absolute Gasteiger partial charge is 0.492 e. The molecule has 0 radical (unpaired) electrons. The van der Waals surface area contributed by atoms with Crippen molar-refractivity contribution < 1.29 is 43.8 Å². The molecule has 18 heteroatoms. The first kappa shape index (κ1) is 40.6. The van der Waals surface area contributed by atoms with Gasteiger partial charge in [-0.1, -0.05) is 30.3 Å². The first-order chi connectivity index (χ1) is 23.4. The number of carbonyl (C=O) groups excluding carboxylic acids is 5. The number of alkyl carbamates (subject to hydrolysis) is 1. The molecule has 18 nitrogen and oxygen atoms in total. The standard InChI is InChI=1S/C32H51N9O9/c1-20(37-28(45)34-16-22(3)39-31(48)49-32(5,6)7)15-33-27(44)38-21(2)17-35-29(46)40(19-24-11-9-8-10-12-24)23(4)18-36-30(47)50-41-25(42)13-14-26(41)43/h8-14,20-23,42-43H,15-19H2,1-7H3,(H,35,46)(H,36,47)(H,39,48)(H2,33,38,44)(H2,34,37,45)/t20-,21-,22-,23-/m0/s1. The van der Waals surface area contributed by atoms with Crippen molar-refractivity contribution in [1.82, 2.24) is 46.8 Å². The molecule has 50 heavy (non-hydrogen) atoms. The van der Waals surface area contributed by atoms with Crippen LogP contribution in [-0.4, -0.2) is 106 Å². The highest BCUT2D eigenvalue weighted by Crippen LogP contribution is 2.18. The van der Waals surface area contributed by atoms with Gasteiger partial charge >= 0.3 is 30.3 Å². The Bertz CT molecular complexity index is 1400. The van der Waals surface area contributed by atoms with E-state index >= 15 is 0 Å². The van der Waals surface area contributed by atoms with E-state index in [1.807, 2.05) is 30.3 Å². The van der Waals surface area contributed by atoms with E-state index in [0.717, 1.165) is 17.7 Å². The van der Waals surface area contributed by atoms with Crippen LogP contribution in [-0.2, 0) is 11.3 Å². The average Bonchev–Trinajstić information content (AvgIpc) is 3.34. The van der Waals surface area contributed by atoms with Gasteiger partial charge in [0.2, 0.25) is 11.8 Å². The van der Waals surface area contributed by atoms with Crippen LogP contribution in [0, 0.1) is 0 Å². The van der Waals surface area contributed by atoms with E-state index in [1.54, 1.807) is 48.5 Å². The summed E-state index contributed by atoms with van der Waals surface area (Å²) in [5, 5.41) is 38.0. The second-order valence-electron chi connectivity index (χ2n) is 12.8. The van der Waals surface area contributed by atoms with Crippen LogP contribution in [0.1, 0.15) is 54.0 Å². The van der Waals surface area contributed by atoms with Crippen molar-refractivity contribution in [3.8, 4) is 11.8 Å². The highest BCUT2D eigenvalue weighted by atomic mass is 16.7. The van der Waals surface area contributed by atoms with Crippen molar-refractivity contribution in [3.05, 3.63) is 48.0 Å². The summed E-state index contributed by atoms with van der Waals surface area (Å²) in [5.41, 5.74) is 0.203. The molecule has 1 aromatic heterocycles. The molecule has 0 aliphatic carbocycles. The molecule has 0 bridgehead atoms. The van der Waals surface area contributed by atoms with Crippen LogP contribution >= 0.6 is 0 Å². The third-order valence-electron chi connectivity index (χ3n) is 6.72. The minimum absolute atomic E-state index is 0.0235. The van der Waals surface area contributed by atoms with Crippen LogP contribution in [0.25, 0.3) is 0 Å². The molecule has 4 atom stereocenters. The van der Waals surface area contributed by atoms with E-state index in [1.165, 1.54) is 4.90 Å². The first-order valence-corrected chi connectivity index (χ1v) is 16.2. The molecule has 0 fully saturated rings. The molecule has 0 saturated carbocycles. The summed E-state index contributed by atoms with van der Waals surface area (Å²) in [7, 11) is 0. The van der Waals surface area contributed by atoms with E-state index in [-0.39, 0.29) is 38.8 Å². The number of aromatic nitrogens is 1. The van der Waals surface area contributed by atoms with E-state index in [4.69, 9.17) is 9.57 Å². The lowest BCUT2D eigenvalue weighted by Crippen LogP contribution is -2.53. The lowest BCUT2D eigenvalue weighted by Gasteiger charge is -2.30. The number of urea groups is 3. The maximum atomic E-state index is 13.3. The Labute approximate surface area is 291 Å². The highest BCUT2D eigenvalue weighted by molar-refractivity contribution is 5.77. The van der Waals surface area contributed by atoms with Crippen molar-refractivity contribution in [2.75, 3.05) is 26.2 Å². The molecule has 0 unspecified atom stereocenters. The third-order valence-corrected chi connectivity index (χ3v) is 6.72. The Morgan fingerprint density at radius 2 is 1.20 bits per heavy atom. The third kappa shape index (κ3) is 15.6. The lowest BCUT2D eigenvalue weighted by atomic mass is 10.2. The van der Waals surface area contributed by atoms with Gasteiger partial charge < -0.3 is 61.9 Å². The minimum Gasteiger partial charge on any atom is -0.492 e. The number of amides is 8. The number of rotatable bonds is 15. The lowest BCUT2D eigenvalue weighted by molar-refractivity contribution is 0.0508. The summed E-state index contributed by atoms with van der Waals surface area (Å²) >= 11 is 0. The molecular formula is C32H51N9O9. The predicted octanol–water partition coefficient (Wildman–Crippen LogP) is 1.93. The highest BCUT2D eigenvalue weighted by Gasteiger charge is 2.23. The summed E-state index contributed by atoms with van der Waals surface area (Å²) in [4.78, 5) is 68.5. The number of hydrogen-bond donors (Lipinski definition) is 9. The smallest absolute Gasteiger partial charge is 0.432 e. The van der Waals surface area contributed by atoms with Crippen LogP contribution in [0.4, 0.5) is 24.0 Å². The fraction of sp³-hybridized carbons (Fsp3) is 0.531. The van der Waals surface area contributed by atoms with E-state index in [9.17, 15) is 34.2 Å². The molecule has 2 rings (SSSR count). The van der Waals surface area contributed by atoms with Crippen molar-refractivity contribution >= 4 is 30.3 Å². The van der Waals surface area contributed by atoms with E-state index in [2.05, 4.69) is 37.2 Å². The molecule has 0 aliphatic heterocycles. The Morgan fingerprint density at radius 1 is 0.700 bits per heavy atom. The molecule has 0 saturated heterocycles. The monoisotopic (exact) mass is 705 g/mol. The average molecular weight is 706 g/mol. The van der Waals surface area contributed by atoms with Gasteiger partial charge in [-0.2, -0.15) is 0 Å². The van der Waals surface area contributed by atoms with Gasteiger partial charge in [0.1, 0.15) is 5.60 Å². The molecule has 9 N–H and O–H groups in total. The molecule has 1 aromatic carbocycles. The summed E-state index contributed by atoms with van der Waals surface area (Å²) < 4.78 is 5.73. The fourth-order valence-corrected chi connectivity index (χ4v) is 4.20. The summed E-state index contributed by atoms with van der Waals surface area (Å²) in [5.74, 6) is -0.947. The molecule has 278 valence electrons. The molecule has 0 aliphatic rings. The summed E-state index contributed by atoms with van der Waals surface area (Å²) in [6.07, 6.45) is -1.55. The minimum atomic E-state index is -0.963. The normalized spacial score (nSPS) is 13.3. The Hall–Kier alpha value is -5.55. The van der Waals surface area contributed by atoms with E-state index in [0.29, 0.717) is 4.73 Å². The van der Waals surface area contributed by atoms with Crippen LogP contribution in [0.15, 0.2) is 42.5 Å². The SMILES string of the molecule is C[C@@H](CNC(=O)N[C@@H](C)CNC(=O)N(Cc1ccccc1)[C@@H](C)CNC(=O)On1c(O)ccc1O)NC(=O)NC[C@H](C)NC(=O)OC(C)(C)C. The fourth-order valence-electron chi connectivity index (χ4n) is 4.20. The molecule has 0 spiro atoms.